The minimum Gasteiger partial charge on any atom is -0.334 e. The summed E-state index contributed by atoms with van der Waals surface area (Å²) in [5.41, 5.74) is 4.46. The summed E-state index contributed by atoms with van der Waals surface area (Å²) < 4.78 is 13.1. The van der Waals surface area contributed by atoms with E-state index in [1.165, 1.54) is 18.2 Å². The predicted octanol–water partition coefficient (Wildman–Crippen LogP) is 3.84. The van der Waals surface area contributed by atoms with Gasteiger partial charge in [-0.05, 0) is 49.6 Å². The molecule has 7 heteroatoms. The molecule has 0 heterocycles. The average Bonchev–Trinajstić information content (AvgIpc) is 2.57. The molecule has 3 amide bonds. The summed E-state index contributed by atoms with van der Waals surface area (Å²) in [4.78, 5) is 23.8. The van der Waals surface area contributed by atoms with Crippen molar-refractivity contribution in [1.82, 2.24) is 10.6 Å². The second kappa shape index (κ2) is 8.67. The SMILES string of the molecule is Cc1cc(C)c(NC(=O)CNC(=O)NCc2ccc(F)c(Cl)c2)c(C)c1. The van der Waals surface area contributed by atoms with Crippen LogP contribution in [-0.4, -0.2) is 18.5 Å². The van der Waals surface area contributed by atoms with Crippen LogP contribution in [0.1, 0.15) is 22.3 Å². The van der Waals surface area contributed by atoms with Gasteiger partial charge in [0.15, 0.2) is 0 Å². The molecule has 0 saturated heterocycles. The van der Waals surface area contributed by atoms with Gasteiger partial charge in [0, 0.05) is 12.2 Å². The van der Waals surface area contributed by atoms with Crippen LogP contribution in [0.15, 0.2) is 30.3 Å². The molecule has 2 aromatic rings. The quantitative estimate of drug-likeness (QED) is 0.740. The number of hydrogen-bond acceptors (Lipinski definition) is 2. The van der Waals surface area contributed by atoms with Gasteiger partial charge in [0.25, 0.3) is 0 Å². The molecule has 0 aliphatic carbocycles. The van der Waals surface area contributed by atoms with Gasteiger partial charge < -0.3 is 16.0 Å². The molecule has 2 aromatic carbocycles. The molecule has 0 saturated carbocycles. The van der Waals surface area contributed by atoms with E-state index in [-0.39, 0.29) is 24.0 Å². The Morgan fingerprint density at radius 1 is 1.04 bits per heavy atom. The van der Waals surface area contributed by atoms with Gasteiger partial charge in [-0.3, -0.25) is 4.79 Å². The van der Waals surface area contributed by atoms with Crippen LogP contribution in [0.4, 0.5) is 14.9 Å². The van der Waals surface area contributed by atoms with Gasteiger partial charge in [-0.25, -0.2) is 9.18 Å². The van der Waals surface area contributed by atoms with Crippen LogP contribution in [0.5, 0.6) is 0 Å². The first-order valence-electron chi connectivity index (χ1n) is 8.09. The van der Waals surface area contributed by atoms with Gasteiger partial charge in [0.1, 0.15) is 5.82 Å². The zero-order chi connectivity index (χ0) is 19.3. The Labute approximate surface area is 156 Å². The molecule has 0 bridgehead atoms. The van der Waals surface area contributed by atoms with Crippen molar-refractivity contribution in [2.24, 2.45) is 0 Å². The lowest BCUT2D eigenvalue weighted by Gasteiger charge is -2.13. The summed E-state index contributed by atoms with van der Waals surface area (Å²) in [6, 6.07) is 7.66. The molecule has 0 atom stereocenters. The standard InChI is InChI=1S/C19H21ClFN3O2/c1-11-6-12(2)18(13(3)7-11)24-17(25)10-23-19(26)22-9-14-4-5-16(21)15(20)8-14/h4-8H,9-10H2,1-3H3,(H,24,25)(H2,22,23,26). The zero-order valence-electron chi connectivity index (χ0n) is 14.9. The van der Waals surface area contributed by atoms with Crippen LogP contribution >= 0.6 is 11.6 Å². The van der Waals surface area contributed by atoms with E-state index in [1.54, 1.807) is 0 Å². The molecule has 0 aliphatic rings. The average molecular weight is 378 g/mol. The zero-order valence-corrected chi connectivity index (χ0v) is 15.6. The van der Waals surface area contributed by atoms with Crippen molar-refractivity contribution in [2.75, 3.05) is 11.9 Å². The van der Waals surface area contributed by atoms with Crippen LogP contribution in [0.2, 0.25) is 5.02 Å². The lowest BCUT2D eigenvalue weighted by Crippen LogP contribution is -2.39. The number of nitrogens with one attached hydrogen (secondary N) is 3. The number of hydrogen-bond donors (Lipinski definition) is 3. The van der Waals surface area contributed by atoms with Gasteiger partial charge in [0.05, 0.1) is 11.6 Å². The van der Waals surface area contributed by atoms with Crippen molar-refractivity contribution < 1.29 is 14.0 Å². The maximum absolute atomic E-state index is 13.1. The normalized spacial score (nSPS) is 10.3. The molecule has 2 rings (SSSR count). The highest BCUT2D eigenvalue weighted by Crippen LogP contribution is 2.21. The molecule has 3 N–H and O–H groups in total. The van der Waals surface area contributed by atoms with E-state index in [1.807, 2.05) is 32.9 Å². The fraction of sp³-hybridized carbons (Fsp3) is 0.263. The van der Waals surface area contributed by atoms with Gasteiger partial charge in [0.2, 0.25) is 5.91 Å². The minimum absolute atomic E-state index is 0.00655. The van der Waals surface area contributed by atoms with Crippen LogP contribution in [0, 0.1) is 26.6 Å². The Morgan fingerprint density at radius 2 is 1.69 bits per heavy atom. The smallest absolute Gasteiger partial charge is 0.315 e. The maximum atomic E-state index is 13.1. The third kappa shape index (κ3) is 5.46. The number of carbonyl (C=O) groups excluding carboxylic acids is 2. The second-order valence-electron chi connectivity index (χ2n) is 6.11. The second-order valence-corrected chi connectivity index (χ2v) is 6.51. The van der Waals surface area contributed by atoms with Crippen molar-refractivity contribution in [3.8, 4) is 0 Å². The summed E-state index contributed by atoms with van der Waals surface area (Å²) in [7, 11) is 0. The Kier molecular flexibility index (Phi) is 6.58. The van der Waals surface area contributed by atoms with Crippen molar-refractivity contribution in [3.05, 3.63) is 63.4 Å². The highest BCUT2D eigenvalue weighted by molar-refractivity contribution is 6.30. The summed E-state index contributed by atoms with van der Waals surface area (Å²) in [6.45, 7) is 5.84. The minimum atomic E-state index is -0.516. The molecule has 0 aliphatic heterocycles. The van der Waals surface area contributed by atoms with Gasteiger partial charge >= 0.3 is 6.03 Å². The number of anilines is 1. The number of urea groups is 1. The highest BCUT2D eigenvalue weighted by Gasteiger charge is 2.10. The van der Waals surface area contributed by atoms with E-state index in [2.05, 4.69) is 16.0 Å². The monoisotopic (exact) mass is 377 g/mol. The first-order valence-corrected chi connectivity index (χ1v) is 8.47. The molecule has 0 aromatic heterocycles. The van der Waals surface area contributed by atoms with E-state index in [9.17, 15) is 14.0 Å². The van der Waals surface area contributed by atoms with Crippen molar-refractivity contribution >= 4 is 29.2 Å². The molecule has 0 radical (unpaired) electrons. The highest BCUT2D eigenvalue weighted by atomic mass is 35.5. The maximum Gasteiger partial charge on any atom is 0.315 e. The molecule has 0 unspecified atom stereocenters. The Morgan fingerprint density at radius 3 is 2.31 bits per heavy atom. The van der Waals surface area contributed by atoms with Crippen molar-refractivity contribution in [3.63, 3.8) is 0 Å². The first-order chi connectivity index (χ1) is 12.3. The topological polar surface area (TPSA) is 70.2 Å². The van der Waals surface area contributed by atoms with Gasteiger partial charge in [-0.15, -0.1) is 0 Å². The van der Waals surface area contributed by atoms with Crippen molar-refractivity contribution in [1.29, 1.82) is 0 Å². The third-order valence-electron chi connectivity index (χ3n) is 3.79. The predicted molar refractivity (Wildman–Crippen MR) is 101 cm³/mol. The molecule has 138 valence electrons. The van der Waals surface area contributed by atoms with E-state index < -0.39 is 11.8 Å². The first kappa shape index (κ1) is 19.7. The van der Waals surface area contributed by atoms with Crippen LogP contribution in [0.3, 0.4) is 0 Å². The fourth-order valence-electron chi connectivity index (χ4n) is 2.62. The molecule has 0 spiro atoms. The number of amides is 3. The van der Waals surface area contributed by atoms with E-state index in [4.69, 9.17) is 11.6 Å². The Bertz CT molecular complexity index is 817. The van der Waals surface area contributed by atoms with E-state index in [0.29, 0.717) is 5.56 Å². The summed E-state index contributed by atoms with van der Waals surface area (Å²) in [5, 5.41) is 7.87. The van der Waals surface area contributed by atoms with Gasteiger partial charge in [-0.1, -0.05) is 35.4 Å². The Hall–Kier alpha value is -2.60. The van der Waals surface area contributed by atoms with Crippen molar-refractivity contribution in [2.45, 2.75) is 27.3 Å². The van der Waals surface area contributed by atoms with E-state index in [0.717, 1.165) is 22.4 Å². The number of carbonyl (C=O) groups is 2. The molecule has 0 fully saturated rings. The Balaban J connectivity index is 1.81. The lowest BCUT2D eigenvalue weighted by atomic mass is 10.1. The number of benzene rings is 2. The number of halogens is 2. The molecule has 5 nitrogen and oxygen atoms in total. The summed E-state index contributed by atoms with van der Waals surface area (Å²) in [5.74, 6) is -0.835. The fourth-order valence-corrected chi connectivity index (χ4v) is 2.82. The molecular weight excluding hydrogens is 357 g/mol. The van der Waals surface area contributed by atoms with Gasteiger partial charge in [-0.2, -0.15) is 0 Å². The van der Waals surface area contributed by atoms with Crippen LogP contribution < -0.4 is 16.0 Å². The molecular formula is C19H21ClFN3O2. The van der Waals surface area contributed by atoms with Crippen LogP contribution in [0.25, 0.3) is 0 Å². The summed E-state index contributed by atoms with van der Waals surface area (Å²) in [6.07, 6.45) is 0. The van der Waals surface area contributed by atoms with E-state index >= 15 is 0 Å². The lowest BCUT2D eigenvalue weighted by molar-refractivity contribution is -0.115. The number of aryl methyl sites for hydroxylation is 3. The summed E-state index contributed by atoms with van der Waals surface area (Å²) >= 11 is 5.69. The third-order valence-corrected chi connectivity index (χ3v) is 4.08. The molecule has 26 heavy (non-hydrogen) atoms. The number of rotatable bonds is 5. The van der Waals surface area contributed by atoms with Crippen LogP contribution in [-0.2, 0) is 11.3 Å². The largest absolute Gasteiger partial charge is 0.334 e.